The van der Waals surface area contributed by atoms with Gasteiger partial charge in [0, 0.05) is 37.3 Å². The molecule has 0 aliphatic carbocycles. The second kappa shape index (κ2) is 7.31. The number of carbonyl (C=O) groups is 1. The number of nitrogens with zero attached hydrogens (tertiary/aromatic N) is 2. The quantitative estimate of drug-likeness (QED) is 0.760. The lowest BCUT2D eigenvalue weighted by Gasteiger charge is -2.33. The molecule has 0 unspecified atom stereocenters. The van der Waals surface area contributed by atoms with E-state index in [2.05, 4.69) is 20.9 Å². The second-order valence-corrected chi connectivity index (χ2v) is 6.95. The van der Waals surface area contributed by atoms with Gasteiger partial charge in [-0.15, -0.1) is 0 Å². The van der Waals surface area contributed by atoms with Gasteiger partial charge in [0.1, 0.15) is 11.7 Å². The number of hydrogen-bond donors (Lipinski definition) is 0. The molecule has 1 amide bonds. The molecule has 0 N–H and O–H groups in total. The number of aromatic nitrogens is 1. The Balaban J connectivity index is 1.83. The summed E-state index contributed by atoms with van der Waals surface area (Å²) < 4.78 is 11.3. The van der Waals surface area contributed by atoms with Gasteiger partial charge in [-0.3, -0.25) is 0 Å². The highest BCUT2D eigenvalue weighted by molar-refractivity contribution is 9.08. The molecule has 1 saturated heterocycles. The average Bonchev–Trinajstić information content (AvgIpc) is 2.46. The van der Waals surface area contributed by atoms with Crippen LogP contribution in [-0.2, 0) is 10.1 Å². The predicted octanol–water partition coefficient (Wildman–Crippen LogP) is 3.75. The minimum Gasteiger partial charge on any atom is -0.474 e. The summed E-state index contributed by atoms with van der Waals surface area (Å²) in [5.74, 6) is 0.646. The SMILES string of the molecule is CC(C)(C)OC(=O)N1CCC(Oc2cccc(CBr)n2)CC1. The smallest absolute Gasteiger partial charge is 0.410 e. The maximum atomic E-state index is 12.0. The van der Waals surface area contributed by atoms with Gasteiger partial charge in [0.2, 0.25) is 5.88 Å². The predicted molar refractivity (Wildman–Crippen MR) is 88.3 cm³/mol. The number of piperidine rings is 1. The normalized spacial score (nSPS) is 16.5. The fourth-order valence-electron chi connectivity index (χ4n) is 2.25. The highest BCUT2D eigenvalue weighted by Gasteiger charge is 2.27. The number of rotatable bonds is 3. The van der Waals surface area contributed by atoms with Gasteiger partial charge >= 0.3 is 6.09 Å². The molecule has 122 valence electrons. The van der Waals surface area contributed by atoms with Crippen LogP contribution in [0.1, 0.15) is 39.3 Å². The number of halogens is 1. The summed E-state index contributed by atoms with van der Waals surface area (Å²) in [4.78, 5) is 18.2. The van der Waals surface area contributed by atoms with Crippen molar-refractivity contribution in [3.8, 4) is 5.88 Å². The minimum absolute atomic E-state index is 0.0942. The van der Waals surface area contributed by atoms with Gasteiger partial charge in [0.05, 0.1) is 5.69 Å². The molecule has 0 radical (unpaired) electrons. The van der Waals surface area contributed by atoms with Gasteiger partial charge in [-0.05, 0) is 26.8 Å². The van der Waals surface area contributed by atoms with E-state index in [0.717, 1.165) is 18.5 Å². The Kier molecular flexibility index (Phi) is 5.67. The maximum absolute atomic E-state index is 12.0. The zero-order valence-corrected chi connectivity index (χ0v) is 14.9. The van der Waals surface area contributed by atoms with Crippen LogP contribution in [0.5, 0.6) is 5.88 Å². The largest absolute Gasteiger partial charge is 0.474 e. The fraction of sp³-hybridized carbons (Fsp3) is 0.625. The lowest BCUT2D eigenvalue weighted by Crippen LogP contribution is -2.44. The standard InChI is InChI=1S/C16H23BrN2O3/c1-16(2,3)22-15(20)19-9-7-13(8-10-19)21-14-6-4-5-12(11-17)18-14/h4-6,13H,7-11H2,1-3H3. The Labute approximate surface area is 140 Å². The van der Waals surface area contributed by atoms with Crippen LogP contribution in [0.2, 0.25) is 0 Å². The van der Waals surface area contributed by atoms with E-state index in [-0.39, 0.29) is 12.2 Å². The van der Waals surface area contributed by atoms with Gasteiger partial charge in [0.25, 0.3) is 0 Å². The van der Waals surface area contributed by atoms with E-state index in [0.29, 0.717) is 24.3 Å². The van der Waals surface area contributed by atoms with Crippen molar-refractivity contribution in [3.05, 3.63) is 23.9 Å². The van der Waals surface area contributed by atoms with Gasteiger partial charge in [-0.2, -0.15) is 0 Å². The van der Waals surface area contributed by atoms with Gasteiger partial charge in [-0.25, -0.2) is 9.78 Å². The molecule has 1 aromatic heterocycles. The molecule has 0 bridgehead atoms. The first-order valence-corrected chi connectivity index (χ1v) is 8.66. The van der Waals surface area contributed by atoms with Gasteiger partial charge in [0.15, 0.2) is 0 Å². The Bertz CT molecular complexity index is 508. The summed E-state index contributed by atoms with van der Waals surface area (Å²) in [5.41, 5.74) is 0.494. The first-order valence-electron chi connectivity index (χ1n) is 7.54. The zero-order chi connectivity index (χ0) is 16.2. The Morgan fingerprint density at radius 3 is 2.64 bits per heavy atom. The number of carbonyl (C=O) groups excluding carboxylic acids is 1. The van der Waals surface area contributed by atoms with Crippen molar-refractivity contribution in [2.75, 3.05) is 13.1 Å². The first kappa shape index (κ1) is 17.1. The van der Waals surface area contributed by atoms with Crippen LogP contribution >= 0.6 is 15.9 Å². The molecule has 0 spiro atoms. The van der Waals surface area contributed by atoms with E-state index in [1.807, 2.05) is 39.0 Å². The molecular formula is C16H23BrN2O3. The average molecular weight is 371 g/mol. The van der Waals surface area contributed by atoms with Crippen LogP contribution < -0.4 is 4.74 Å². The monoisotopic (exact) mass is 370 g/mol. The molecule has 1 aromatic rings. The molecule has 0 saturated carbocycles. The van der Waals surface area contributed by atoms with E-state index < -0.39 is 5.60 Å². The molecule has 0 atom stereocenters. The summed E-state index contributed by atoms with van der Waals surface area (Å²) >= 11 is 3.39. The third-order valence-corrected chi connectivity index (χ3v) is 3.87. The van der Waals surface area contributed by atoms with Crippen LogP contribution in [0, 0.1) is 0 Å². The summed E-state index contributed by atoms with van der Waals surface area (Å²) in [5, 5.41) is 0.710. The molecule has 2 rings (SSSR count). The van der Waals surface area contributed by atoms with E-state index in [4.69, 9.17) is 9.47 Å². The third kappa shape index (κ3) is 5.16. The molecule has 1 aliphatic heterocycles. The third-order valence-electron chi connectivity index (χ3n) is 3.30. The molecule has 1 fully saturated rings. The molecule has 22 heavy (non-hydrogen) atoms. The fourth-order valence-corrected chi connectivity index (χ4v) is 2.56. The molecule has 6 heteroatoms. The highest BCUT2D eigenvalue weighted by Crippen LogP contribution is 2.20. The number of ether oxygens (including phenoxy) is 2. The van der Waals surface area contributed by atoms with E-state index in [1.165, 1.54) is 0 Å². The first-order chi connectivity index (χ1) is 10.4. The van der Waals surface area contributed by atoms with Crippen molar-refractivity contribution in [1.29, 1.82) is 0 Å². The Morgan fingerprint density at radius 1 is 1.36 bits per heavy atom. The summed E-state index contributed by atoms with van der Waals surface area (Å²) in [7, 11) is 0. The van der Waals surface area contributed by atoms with Crippen molar-refractivity contribution in [3.63, 3.8) is 0 Å². The summed E-state index contributed by atoms with van der Waals surface area (Å²) in [6.45, 7) is 6.94. The van der Waals surface area contributed by atoms with Crippen LogP contribution in [0.15, 0.2) is 18.2 Å². The Hall–Kier alpha value is -1.30. The molecular weight excluding hydrogens is 348 g/mol. The van der Waals surface area contributed by atoms with Gasteiger partial charge < -0.3 is 14.4 Å². The van der Waals surface area contributed by atoms with E-state index >= 15 is 0 Å². The summed E-state index contributed by atoms with van der Waals surface area (Å²) in [6, 6.07) is 5.76. The zero-order valence-electron chi connectivity index (χ0n) is 13.3. The maximum Gasteiger partial charge on any atom is 0.410 e. The Morgan fingerprint density at radius 2 is 2.05 bits per heavy atom. The van der Waals surface area contributed by atoms with Crippen molar-refractivity contribution in [2.24, 2.45) is 0 Å². The second-order valence-electron chi connectivity index (χ2n) is 6.39. The van der Waals surface area contributed by atoms with Crippen molar-refractivity contribution >= 4 is 22.0 Å². The molecule has 5 nitrogen and oxygen atoms in total. The molecule has 2 heterocycles. The number of pyridine rings is 1. The highest BCUT2D eigenvalue weighted by atomic mass is 79.9. The van der Waals surface area contributed by atoms with Crippen molar-refractivity contribution in [2.45, 2.75) is 50.6 Å². The molecule has 1 aliphatic rings. The van der Waals surface area contributed by atoms with Gasteiger partial charge in [-0.1, -0.05) is 22.0 Å². The van der Waals surface area contributed by atoms with E-state index in [1.54, 1.807) is 4.90 Å². The number of hydrogen-bond acceptors (Lipinski definition) is 4. The van der Waals surface area contributed by atoms with E-state index in [9.17, 15) is 4.79 Å². The number of likely N-dealkylation sites (tertiary alicyclic amines) is 1. The van der Waals surface area contributed by atoms with Crippen molar-refractivity contribution in [1.82, 2.24) is 9.88 Å². The topological polar surface area (TPSA) is 51.7 Å². The summed E-state index contributed by atoms with van der Waals surface area (Å²) in [6.07, 6.45) is 1.43. The number of alkyl halides is 1. The minimum atomic E-state index is -0.454. The van der Waals surface area contributed by atoms with Crippen LogP contribution in [-0.4, -0.2) is 40.8 Å². The van der Waals surface area contributed by atoms with Crippen LogP contribution in [0.3, 0.4) is 0 Å². The van der Waals surface area contributed by atoms with Crippen molar-refractivity contribution < 1.29 is 14.3 Å². The van der Waals surface area contributed by atoms with Crippen LogP contribution in [0.25, 0.3) is 0 Å². The van der Waals surface area contributed by atoms with Crippen LogP contribution in [0.4, 0.5) is 4.79 Å². The molecule has 0 aromatic carbocycles. The lowest BCUT2D eigenvalue weighted by molar-refractivity contribution is 0.0123. The lowest BCUT2D eigenvalue weighted by atomic mass is 10.1. The number of amides is 1.